The largest absolute Gasteiger partial charge is 2.00 e. The molecule has 2 nitrogen and oxygen atoms in total. The summed E-state index contributed by atoms with van der Waals surface area (Å²) in [6, 6.07) is 15.8. The minimum Gasteiger partial charge on any atom is -1.00 e. The van der Waals surface area contributed by atoms with Crippen molar-refractivity contribution in [3.8, 4) is 6.07 Å². The van der Waals surface area contributed by atoms with Crippen molar-refractivity contribution in [3.05, 3.63) is 54.6 Å². The van der Waals surface area contributed by atoms with Gasteiger partial charge in [-0.1, -0.05) is 30.3 Å². The number of benzene rings is 2. The van der Waals surface area contributed by atoms with E-state index in [2.05, 4.69) is 6.07 Å². The van der Waals surface area contributed by atoms with Crippen molar-refractivity contribution in [1.82, 2.24) is 0 Å². The summed E-state index contributed by atoms with van der Waals surface area (Å²) in [4.78, 5) is 0. The van der Waals surface area contributed by atoms with E-state index < -0.39 is 0 Å². The number of hydrogen-bond acceptors (Lipinski definition) is 2. The summed E-state index contributed by atoms with van der Waals surface area (Å²) in [5, 5.41) is 17.2. The van der Waals surface area contributed by atoms with Crippen molar-refractivity contribution in [2.24, 2.45) is 0 Å². The molecule has 0 spiro atoms. The summed E-state index contributed by atoms with van der Waals surface area (Å²) < 4.78 is 0. The topological polar surface area (TPSA) is 47.6 Å². The second-order valence-corrected chi connectivity index (χ2v) is 2.67. The van der Waals surface area contributed by atoms with Crippen LogP contribution >= 0.6 is 0 Å². The van der Waals surface area contributed by atoms with Gasteiger partial charge in [-0.2, -0.15) is 5.26 Å². The van der Waals surface area contributed by atoms with E-state index in [1.807, 2.05) is 42.5 Å². The number of hydrogen-bond donors (Lipinski definition) is 0. The molecule has 2 rings (SSSR count). The zero-order valence-corrected chi connectivity index (χ0v) is 10.6. The third kappa shape index (κ3) is 4.04. The van der Waals surface area contributed by atoms with Gasteiger partial charge in [0.05, 0.1) is 11.6 Å². The smallest absolute Gasteiger partial charge is 1.00 e. The van der Waals surface area contributed by atoms with Crippen molar-refractivity contribution in [3.63, 3.8) is 0 Å². The molecule has 2 aromatic carbocycles. The van der Waals surface area contributed by atoms with Crippen LogP contribution in [-0.2, 0) is 17.1 Å². The maximum absolute atomic E-state index is 8.65. The van der Waals surface area contributed by atoms with Crippen molar-refractivity contribution in [2.45, 2.75) is 0 Å². The maximum Gasteiger partial charge on any atom is 2.00 e. The Hall–Kier alpha value is -1.32. The molecule has 0 aliphatic heterocycles. The van der Waals surface area contributed by atoms with E-state index in [0.717, 1.165) is 5.39 Å². The number of nitrogens with zero attached hydrogens (tertiary/aromatic N) is 2. The van der Waals surface area contributed by atoms with Gasteiger partial charge in [0.15, 0.2) is 0 Å². The molecule has 4 heteroatoms. The van der Waals surface area contributed by atoms with E-state index in [1.54, 1.807) is 0 Å². The van der Waals surface area contributed by atoms with Gasteiger partial charge < -0.3 is 28.8 Å². The molecule has 1 radical (unpaired) electrons. The second kappa shape index (κ2) is 8.95. The first-order chi connectivity index (χ1) is 6.90. The fourth-order valence-corrected chi connectivity index (χ4v) is 1.26. The summed E-state index contributed by atoms with van der Waals surface area (Å²) in [6.45, 7) is 4.75. The molecule has 0 saturated heterocycles. The third-order valence-corrected chi connectivity index (χ3v) is 1.88. The average molecular weight is 323 g/mol. The molecule has 0 heterocycles. The first-order valence-electron chi connectivity index (χ1n) is 4.01. The van der Waals surface area contributed by atoms with Crippen LogP contribution in [0.25, 0.3) is 10.8 Å². The zero-order chi connectivity index (χ0) is 10.4. The van der Waals surface area contributed by atoms with Gasteiger partial charge in [-0.3, -0.25) is 0 Å². The first-order valence-corrected chi connectivity index (χ1v) is 4.01. The molecule has 2 aromatic rings. The van der Waals surface area contributed by atoms with Crippen LogP contribution in [0.15, 0.2) is 42.5 Å². The number of nitriles is 1. The summed E-state index contributed by atoms with van der Waals surface area (Å²) in [7, 11) is 0. The van der Waals surface area contributed by atoms with E-state index in [-0.39, 0.29) is 34.1 Å². The monoisotopic (exact) mass is 321 g/mol. The van der Waals surface area contributed by atoms with Gasteiger partial charge in [-0.25, -0.2) is 0 Å². The van der Waals surface area contributed by atoms with Crippen molar-refractivity contribution in [2.75, 3.05) is 0 Å². The zero-order valence-electron chi connectivity index (χ0n) is 8.12. The van der Waals surface area contributed by atoms with Crippen LogP contribution in [0.5, 0.6) is 0 Å². The summed E-state index contributed by atoms with van der Waals surface area (Å²) in [5.74, 6) is 0. The predicted molar refractivity (Wildman–Crippen MR) is 53.6 cm³/mol. The molecule has 0 N–H and O–H groups in total. The van der Waals surface area contributed by atoms with Gasteiger partial charge in [-0.15, -0.1) is 0 Å². The Morgan fingerprint density at radius 2 is 1.50 bits per heavy atom. The molecule has 16 heavy (non-hydrogen) atoms. The van der Waals surface area contributed by atoms with Crippen LogP contribution in [0, 0.1) is 23.2 Å². The SMILES string of the molecule is N#Cc1ccc2ccccc2c1.[Br-].[C-]#N.[Cu+2]. The first kappa shape index (κ1) is 17.1. The predicted octanol–water partition coefficient (Wildman–Crippen LogP) is -0.191. The molecule has 0 aromatic heterocycles. The maximum atomic E-state index is 8.65. The molecule has 0 unspecified atom stereocenters. The Morgan fingerprint density at radius 3 is 2.06 bits per heavy atom. The van der Waals surface area contributed by atoms with E-state index in [1.165, 1.54) is 5.39 Å². The van der Waals surface area contributed by atoms with Crippen LogP contribution in [0.1, 0.15) is 5.56 Å². The molecule has 0 bridgehead atoms. The Balaban J connectivity index is 0. The summed E-state index contributed by atoms with van der Waals surface area (Å²) in [6.07, 6.45) is 0. The van der Waals surface area contributed by atoms with Crippen molar-refractivity contribution in [1.29, 1.82) is 10.5 Å². The number of rotatable bonds is 0. The van der Waals surface area contributed by atoms with Crippen LogP contribution in [0.3, 0.4) is 0 Å². The molecule has 0 atom stereocenters. The van der Waals surface area contributed by atoms with Gasteiger partial charge in [0.25, 0.3) is 0 Å². The Bertz CT molecular complexity index is 503. The van der Waals surface area contributed by atoms with E-state index in [0.29, 0.717) is 5.56 Å². The van der Waals surface area contributed by atoms with Gasteiger partial charge in [-0.05, 0) is 22.9 Å². The Morgan fingerprint density at radius 1 is 0.938 bits per heavy atom. The fraction of sp³-hybridized carbons (Fsp3) is 0. The van der Waals surface area contributed by atoms with Crippen LogP contribution in [0.4, 0.5) is 0 Å². The molecule has 0 amide bonds. The molecule has 0 fully saturated rings. The number of halogens is 1. The van der Waals surface area contributed by atoms with E-state index >= 15 is 0 Å². The average Bonchev–Trinajstić information content (AvgIpc) is 2.31. The van der Waals surface area contributed by atoms with Crippen molar-refractivity contribution < 1.29 is 34.1 Å². The summed E-state index contributed by atoms with van der Waals surface area (Å²) >= 11 is 0. The minimum atomic E-state index is 0. The number of fused-ring (bicyclic) bond motifs is 1. The van der Waals surface area contributed by atoms with E-state index in [9.17, 15) is 0 Å². The van der Waals surface area contributed by atoms with Crippen LogP contribution in [0.2, 0.25) is 0 Å². The van der Waals surface area contributed by atoms with Gasteiger partial charge in [0, 0.05) is 0 Å². The standard InChI is InChI=1S/C11H7N.CN.BrH.Cu/c12-8-9-5-6-10-3-1-2-4-11(10)7-9;1-2;;/h1-7H;;1H;/q;-1;;+2/p-1. The molecule has 0 aliphatic carbocycles. The Kier molecular flexibility index (Phi) is 9.55. The second-order valence-electron chi connectivity index (χ2n) is 2.67. The molecule has 0 aliphatic rings. The summed E-state index contributed by atoms with van der Waals surface area (Å²) in [5.41, 5.74) is 0.716. The Labute approximate surface area is 116 Å². The quantitative estimate of drug-likeness (QED) is 0.498. The molecule has 83 valence electrons. The molecule has 0 saturated carbocycles. The molecular weight excluding hydrogens is 316 g/mol. The van der Waals surface area contributed by atoms with Gasteiger partial charge >= 0.3 is 17.1 Å². The molecular formula is C12H7BrCuN2. The van der Waals surface area contributed by atoms with E-state index in [4.69, 9.17) is 17.1 Å². The fourth-order valence-electron chi connectivity index (χ4n) is 1.26. The van der Waals surface area contributed by atoms with Crippen molar-refractivity contribution >= 4 is 10.8 Å². The minimum absolute atomic E-state index is 0. The van der Waals surface area contributed by atoms with Crippen LogP contribution in [-0.4, -0.2) is 0 Å². The normalized spacial score (nSPS) is 7.31. The van der Waals surface area contributed by atoms with Gasteiger partial charge in [0.2, 0.25) is 0 Å². The van der Waals surface area contributed by atoms with Gasteiger partial charge in [0.1, 0.15) is 0 Å². The third-order valence-electron chi connectivity index (χ3n) is 1.88. The van der Waals surface area contributed by atoms with Crippen LogP contribution < -0.4 is 17.0 Å².